The van der Waals surface area contributed by atoms with Gasteiger partial charge in [-0.3, -0.25) is 4.79 Å². The molecule has 27 heavy (non-hydrogen) atoms. The van der Waals surface area contributed by atoms with Crippen molar-refractivity contribution in [2.45, 2.75) is 19.4 Å². The molecule has 0 aliphatic heterocycles. The number of nitrogens with zero attached hydrogens (tertiary/aromatic N) is 2. The van der Waals surface area contributed by atoms with E-state index in [2.05, 4.69) is 10.4 Å². The van der Waals surface area contributed by atoms with Crippen LogP contribution in [0.25, 0.3) is 5.69 Å². The number of carbonyl (C=O) groups excluding carboxylic acids is 1. The molecule has 2 aromatic carbocycles. The van der Waals surface area contributed by atoms with Gasteiger partial charge in [0.05, 0.1) is 12.8 Å². The number of carbonyl (C=O) groups is 1. The zero-order chi connectivity index (χ0) is 19.1. The molecule has 0 bridgehead atoms. The monoisotopic (exact) mass is 365 g/mol. The van der Waals surface area contributed by atoms with E-state index in [0.29, 0.717) is 12.3 Å². The maximum absolute atomic E-state index is 12.2. The summed E-state index contributed by atoms with van der Waals surface area (Å²) in [7, 11) is 1.61. The summed E-state index contributed by atoms with van der Waals surface area (Å²) >= 11 is 0. The molecule has 3 aromatic rings. The number of nitrogens with one attached hydrogen (secondary N) is 1. The summed E-state index contributed by atoms with van der Waals surface area (Å²) in [6, 6.07) is 17.2. The smallest absolute Gasteiger partial charge is 0.260 e. The van der Waals surface area contributed by atoms with Crippen molar-refractivity contribution in [3.05, 3.63) is 72.6 Å². The number of rotatable bonds is 8. The van der Waals surface area contributed by atoms with E-state index in [-0.39, 0.29) is 5.91 Å². The minimum atomic E-state index is -0.569. The Morgan fingerprint density at radius 2 is 1.81 bits per heavy atom. The summed E-state index contributed by atoms with van der Waals surface area (Å²) in [4.78, 5) is 12.2. The van der Waals surface area contributed by atoms with Gasteiger partial charge in [-0.2, -0.15) is 5.10 Å². The first-order valence-electron chi connectivity index (χ1n) is 8.83. The van der Waals surface area contributed by atoms with Crippen LogP contribution in [0.15, 0.2) is 67.0 Å². The molecule has 1 aromatic heterocycles. The minimum Gasteiger partial charge on any atom is -0.497 e. The quantitative estimate of drug-likeness (QED) is 0.666. The Morgan fingerprint density at radius 1 is 1.11 bits per heavy atom. The summed E-state index contributed by atoms with van der Waals surface area (Å²) < 4.78 is 12.6. The van der Waals surface area contributed by atoms with Crippen molar-refractivity contribution in [1.29, 1.82) is 0 Å². The van der Waals surface area contributed by atoms with E-state index in [1.165, 1.54) is 0 Å². The average molecular weight is 365 g/mol. The molecule has 1 heterocycles. The fourth-order valence-electron chi connectivity index (χ4n) is 2.62. The molecule has 1 N–H and O–H groups in total. The molecule has 0 aliphatic carbocycles. The SMILES string of the molecule is COc1ccc(OC(C)C(=O)NCCc2ccc(-n3cccn3)cc2)cc1. The molecule has 0 saturated heterocycles. The molecule has 1 amide bonds. The number of amides is 1. The van der Waals surface area contributed by atoms with E-state index in [1.54, 1.807) is 44.5 Å². The molecule has 6 heteroatoms. The third kappa shape index (κ3) is 5.10. The first-order chi connectivity index (χ1) is 13.2. The molecule has 140 valence electrons. The summed E-state index contributed by atoms with van der Waals surface area (Å²) in [6.45, 7) is 2.29. The highest BCUT2D eigenvalue weighted by Gasteiger charge is 2.14. The van der Waals surface area contributed by atoms with Gasteiger partial charge in [0.15, 0.2) is 6.10 Å². The van der Waals surface area contributed by atoms with Gasteiger partial charge in [-0.05, 0) is 61.4 Å². The normalized spacial score (nSPS) is 11.6. The van der Waals surface area contributed by atoms with Crippen LogP contribution in [0.4, 0.5) is 0 Å². The number of ether oxygens (including phenoxy) is 2. The Bertz CT molecular complexity index is 843. The largest absolute Gasteiger partial charge is 0.497 e. The number of methoxy groups -OCH3 is 1. The Kier molecular flexibility index (Phi) is 6.10. The zero-order valence-corrected chi connectivity index (χ0v) is 15.5. The van der Waals surface area contributed by atoms with Crippen LogP contribution in [-0.4, -0.2) is 35.4 Å². The topological polar surface area (TPSA) is 65.4 Å². The maximum atomic E-state index is 12.2. The van der Waals surface area contributed by atoms with Crippen molar-refractivity contribution in [3.8, 4) is 17.2 Å². The van der Waals surface area contributed by atoms with Crippen LogP contribution in [0.5, 0.6) is 11.5 Å². The van der Waals surface area contributed by atoms with Gasteiger partial charge in [-0.1, -0.05) is 12.1 Å². The molecule has 1 unspecified atom stereocenters. The average Bonchev–Trinajstić information content (AvgIpc) is 3.24. The van der Waals surface area contributed by atoms with Gasteiger partial charge in [-0.25, -0.2) is 4.68 Å². The molecule has 0 fully saturated rings. The van der Waals surface area contributed by atoms with Crippen LogP contribution in [0, 0.1) is 0 Å². The van der Waals surface area contributed by atoms with Crippen LogP contribution in [-0.2, 0) is 11.2 Å². The highest BCUT2D eigenvalue weighted by molar-refractivity contribution is 5.80. The number of aromatic nitrogens is 2. The second kappa shape index (κ2) is 8.89. The van der Waals surface area contributed by atoms with Crippen LogP contribution < -0.4 is 14.8 Å². The highest BCUT2D eigenvalue weighted by atomic mass is 16.5. The Balaban J connectivity index is 1.44. The molecule has 0 spiro atoms. The Labute approximate surface area is 158 Å². The Morgan fingerprint density at radius 3 is 2.44 bits per heavy atom. The number of hydrogen-bond donors (Lipinski definition) is 1. The molecule has 1 atom stereocenters. The number of benzene rings is 2. The first-order valence-corrected chi connectivity index (χ1v) is 8.83. The van der Waals surface area contributed by atoms with E-state index in [0.717, 1.165) is 23.4 Å². The van der Waals surface area contributed by atoms with Gasteiger partial charge in [0.25, 0.3) is 5.91 Å². The molecule has 6 nitrogen and oxygen atoms in total. The second-order valence-electron chi connectivity index (χ2n) is 6.09. The van der Waals surface area contributed by atoms with Gasteiger partial charge in [0.2, 0.25) is 0 Å². The van der Waals surface area contributed by atoms with E-state index in [4.69, 9.17) is 9.47 Å². The molecule has 0 aliphatic rings. The number of hydrogen-bond acceptors (Lipinski definition) is 4. The Hall–Kier alpha value is -3.28. The van der Waals surface area contributed by atoms with E-state index < -0.39 is 6.10 Å². The first kappa shape index (κ1) is 18.5. The van der Waals surface area contributed by atoms with Crippen LogP contribution in [0.3, 0.4) is 0 Å². The van der Waals surface area contributed by atoms with Gasteiger partial charge in [0, 0.05) is 18.9 Å². The fourth-order valence-corrected chi connectivity index (χ4v) is 2.62. The predicted octanol–water partition coefficient (Wildman–Crippen LogP) is 3.01. The molecular formula is C21H23N3O3. The van der Waals surface area contributed by atoms with E-state index >= 15 is 0 Å². The van der Waals surface area contributed by atoms with Crippen molar-refractivity contribution in [2.75, 3.05) is 13.7 Å². The standard InChI is InChI=1S/C21H23N3O3/c1-16(27-20-10-8-19(26-2)9-11-20)21(25)22-14-12-17-4-6-18(7-5-17)24-15-3-13-23-24/h3-11,13,15-16H,12,14H2,1-2H3,(H,22,25). The van der Waals surface area contributed by atoms with Crippen molar-refractivity contribution >= 4 is 5.91 Å². The maximum Gasteiger partial charge on any atom is 0.260 e. The van der Waals surface area contributed by atoms with E-state index in [9.17, 15) is 4.79 Å². The van der Waals surface area contributed by atoms with Crippen LogP contribution in [0.1, 0.15) is 12.5 Å². The van der Waals surface area contributed by atoms with Gasteiger partial charge >= 0.3 is 0 Å². The lowest BCUT2D eigenvalue weighted by molar-refractivity contribution is -0.127. The summed E-state index contributed by atoms with van der Waals surface area (Å²) in [5.74, 6) is 1.24. The van der Waals surface area contributed by atoms with Crippen molar-refractivity contribution in [1.82, 2.24) is 15.1 Å². The minimum absolute atomic E-state index is 0.140. The van der Waals surface area contributed by atoms with Crippen molar-refractivity contribution in [3.63, 3.8) is 0 Å². The summed E-state index contributed by atoms with van der Waals surface area (Å²) in [5.41, 5.74) is 2.16. The fraction of sp³-hybridized carbons (Fsp3) is 0.238. The zero-order valence-electron chi connectivity index (χ0n) is 15.5. The molecular weight excluding hydrogens is 342 g/mol. The second-order valence-corrected chi connectivity index (χ2v) is 6.09. The lowest BCUT2D eigenvalue weighted by atomic mass is 10.1. The van der Waals surface area contributed by atoms with E-state index in [1.807, 2.05) is 41.2 Å². The third-order valence-electron chi connectivity index (χ3n) is 4.16. The summed E-state index contributed by atoms with van der Waals surface area (Å²) in [5, 5.41) is 7.11. The predicted molar refractivity (Wildman–Crippen MR) is 103 cm³/mol. The lowest BCUT2D eigenvalue weighted by Gasteiger charge is -2.15. The van der Waals surface area contributed by atoms with Crippen molar-refractivity contribution < 1.29 is 14.3 Å². The van der Waals surface area contributed by atoms with Crippen LogP contribution >= 0.6 is 0 Å². The van der Waals surface area contributed by atoms with Gasteiger partial charge in [-0.15, -0.1) is 0 Å². The third-order valence-corrected chi connectivity index (χ3v) is 4.16. The molecule has 0 radical (unpaired) electrons. The van der Waals surface area contributed by atoms with Crippen molar-refractivity contribution in [2.24, 2.45) is 0 Å². The highest BCUT2D eigenvalue weighted by Crippen LogP contribution is 2.18. The van der Waals surface area contributed by atoms with Gasteiger partial charge < -0.3 is 14.8 Å². The van der Waals surface area contributed by atoms with Crippen LogP contribution in [0.2, 0.25) is 0 Å². The molecule has 3 rings (SSSR count). The summed E-state index contributed by atoms with van der Waals surface area (Å²) in [6.07, 6.45) is 3.83. The lowest BCUT2D eigenvalue weighted by Crippen LogP contribution is -2.37. The molecule has 0 saturated carbocycles. The van der Waals surface area contributed by atoms with Gasteiger partial charge in [0.1, 0.15) is 11.5 Å².